The van der Waals surface area contributed by atoms with Crippen molar-refractivity contribution in [3.8, 4) is 0 Å². The fourth-order valence-corrected chi connectivity index (χ4v) is 4.78. The Bertz CT molecular complexity index is 770. The molecule has 2 aliphatic rings. The number of nitrogens with one attached hydrogen (secondary N) is 1. The Hall–Kier alpha value is -1.99. The second kappa shape index (κ2) is 6.96. The van der Waals surface area contributed by atoms with E-state index in [1.54, 1.807) is 23.7 Å². The van der Waals surface area contributed by atoms with Crippen LogP contribution in [-0.4, -0.2) is 52.0 Å². The number of aryl methyl sites for hydroxylation is 1. The van der Waals surface area contributed by atoms with Gasteiger partial charge in [-0.05, 0) is 50.3 Å². The van der Waals surface area contributed by atoms with Crippen molar-refractivity contribution in [1.29, 1.82) is 0 Å². The first-order valence-electron chi connectivity index (χ1n) is 9.13. The Kier molecular flexibility index (Phi) is 4.67. The standard InChI is InChI=1S/C19H25N5OS/c1-14-12-20-6-3-15(14)22-18(25)24-8-4-19(5-9-24)11-16(19)23(2)13-17-21-7-10-26-17/h3,6-7,10,12,16H,4-5,8-9,11,13H2,1-2H3,(H,20,22,25)/t16-/m1/s1. The van der Waals surface area contributed by atoms with Gasteiger partial charge >= 0.3 is 6.03 Å². The lowest BCUT2D eigenvalue weighted by Gasteiger charge is -2.34. The van der Waals surface area contributed by atoms with Crippen LogP contribution in [-0.2, 0) is 6.54 Å². The molecule has 1 N–H and O–H groups in total. The second-order valence-corrected chi connectivity index (χ2v) is 8.51. The lowest BCUT2D eigenvalue weighted by atomic mass is 9.92. The monoisotopic (exact) mass is 371 g/mol. The zero-order valence-corrected chi connectivity index (χ0v) is 16.1. The predicted octanol–water partition coefficient (Wildman–Crippen LogP) is 3.36. The smallest absolute Gasteiger partial charge is 0.321 e. The van der Waals surface area contributed by atoms with Gasteiger partial charge in [0, 0.05) is 48.8 Å². The molecular weight excluding hydrogens is 346 g/mol. The minimum Gasteiger partial charge on any atom is -0.324 e. The Morgan fingerprint density at radius 2 is 2.23 bits per heavy atom. The molecule has 26 heavy (non-hydrogen) atoms. The van der Waals surface area contributed by atoms with Gasteiger partial charge in [-0.3, -0.25) is 9.88 Å². The number of amides is 2. The van der Waals surface area contributed by atoms with Gasteiger partial charge in [-0.2, -0.15) is 0 Å². The summed E-state index contributed by atoms with van der Waals surface area (Å²) < 4.78 is 0. The molecule has 7 heteroatoms. The lowest BCUT2D eigenvalue weighted by Crippen LogP contribution is -2.43. The molecule has 3 heterocycles. The molecule has 1 atom stereocenters. The van der Waals surface area contributed by atoms with Gasteiger partial charge in [0.15, 0.2) is 0 Å². The van der Waals surface area contributed by atoms with Crippen LogP contribution in [0.5, 0.6) is 0 Å². The van der Waals surface area contributed by atoms with Gasteiger partial charge in [-0.25, -0.2) is 9.78 Å². The van der Waals surface area contributed by atoms with Crippen LogP contribution in [0, 0.1) is 12.3 Å². The third-order valence-corrected chi connectivity index (χ3v) is 6.62. The van der Waals surface area contributed by atoms with E-state index in [-0.39, 0.29) is 6.03 Å². The normalized spacial score (nSPS) is 21.2. The molecule has 2 amide bonds. The number of piperidine rings is 1. The second-order valence-electron chi connectivity index (χ2n) is 7.53. The molecule has 1 aliphatic heterocycles. The number of anilines is 1. The number of thiazole rings is 1. The molecule has 0 unspecified atom stereocenters. The molecule has 0 aromatic carbocycles. The molecule has 1 saturated heterocycles. The highest BCUT2D eigenvalue weighted by Gasteiger charge is 2.56. The van der Waals surface area contributed by atoms with E-state index in [4.69, 9.17) is 0 Å². The molecule has 4 rings (SSSR count). The summed E-state index contributed by atoms with van der Waals surface area (Å²) in [6.07, 6.45) is 8.77. The highest BCUT2D eigenvalue weighted by Crippen LogP contribution is 2.56. The van der Waals surface area contributed by atoms with Gasteiger partial charge in [0.1, 0.15) is 5.01 Å². The molecular formula is C19H25N5OS. The van der Waals surface area contributed by atoms with Gasteiger partial charge in [0.05, 0.1) is 6.54 Å². The molecule has 2 aromatic heterocycles. The maximum Gasteiger partial charge on any atom is 0.321 e. The highest BCUT2D eigenvalue weighted by atomic mass is 32.1. The highest BCUT2D eigenvalue weighted by molar-refractivity contribution is 7.09. The number of carbonyl (C=O) groups excluding carboxylic acids is 1. The molecule has 0 radical (unpaired) electrons. The first kappa shape index (κ1) is 17.4. The van der Waals surface area contributed by atoms with Crippen molar-refractivity contribution in [2.24, 2.45) is 5.41 Å². The zero-order valence-electron chi connectivity index (χ0n) is 15.3. The first-order chi connectivity index (χ1) is 12.6. The number of carbonyl (C=O) groups is 1. The van der Waals surface area contributed by atoms with Crippen LogP contribution < -0.4 is 5.32 Å². The van der Waals surface area contributed by atoms with Gasteiger partial charge in [-0.15, -0.1) is 11.3 Å². The topological polar surface area (TPSA) is 61.4 Å². The van der Waals surface area contributed by atoms with Gasteiger partial charge in [-0.1, -0.05) is 0 Å². The number of hydrogen-bond acceptors (Lipinski definition) is 5. The molecule has 2 aromatic rings. The van der Waals surface area contributed by atoms with Crippen LogP contribution in [0.1, 0.15) is 29.8 Å². The Labute approximate surface area is 158 Å². The minimum atomic E-state index is 0.00231. The Balaban J connectivity index is 1.29. The summed E-state index contributed by atoms with van der Waals surface area (Å²) in [5.41, 5.74) is 2.23. The van der Waals surface area contributed by atoms with Gasteiger partial charge < -0.3 is 10.2 Å². The first-order valence-corrected chi connectivity index (χ1v) is 10.0. The van der Waals surface area contributed by atoms with Crippen molar-refractivity contribution >= 4 is 23.1 Å². The molecule has 1 aliphatic carbocycles. The van der Waals surface area contributed by atoms with Gasteiger partial charge in [0.2, 0.25) is 0 Å². The number of pyridine rings is 1. The predicted molar refractivity (Wildman–Crippen MR) is 103 cm³/mol. The van der Waals surface area contributed by atoms with E-state index < -0.39 is 0 Å². The molecule has 2 fully saturated rings. The van der Waals surface area contributed by atoms with E-state index in [0.717, 1.165) is 43.7 Å². The van der Waals surface area contributed by atoms with E-state index in [9.17, 15) is 4.79 Å². The molecule has 1 saturated carbocycles. The fraction of sp³-hybridized carbons (Fsp3) is 0.526. The van der Waals surface area contributed by atoms with Crippen molar-refractivity contribution < 1.29 is 4.79 Å². The molecule has 6 nitrogen and oxygen atoms in total. The van der Waals surface area contributed by atoms with Crippen molar-refractivity contribution in [3.05, 3.63) is 40.6 Å². The SMILES string of the molecule is Cc1cnccc1NC(=O)N1CCC2(CC1)C[C@H]2N(C)Cc1nccs1. The number of likely N-dealkylation sites (tertiary alicyclic amines) is 1. The number of hydrogen-bond donors (Lipinski definition) is 1. The fourth-order valence-electron chi connectivity index (χ4n) is 4.10. The maximum absolute atomic E-state index is 12.6. The van der Waals surface area contributed by atoms with E-state index in [0.29, 0.717) is 11.5 Å². The van der Waals surface area contributed by atoms with Crippen LogP contribution in [0.4, 0.5) is 10.5 Å². The largest absolute Gasteiger partial charge is 0.324 e. The summed E-state index contributed by atoms with van der Waals surface area (Å²) in [6, 6.07) is 2.48. The van der Waals surface area contributed by atoms with Gasteiger partial charge in [0.25, 0.3) is 0 Å². The third-order valence-electron chi connectivity index (χ3n) is 5.86. The number of aromatic nitrogens is 2. The summed E-state index contributed by atoms with van der Waals surface area (Å²) in [7, 11) is 2.20. The molecule has 1 spiro atoms. The van der Waals surface area contributed by atoms with Crippen LogP contribution in [0.15, 0.2) is 30.0 Å². The summed E-state index contributed by atoms with van der Waals surface area (Å²) in [5, 5.41) is 6.24. The number of rotatable bonds is 4. The number of urea groups is 1. The van der Waals surface area contributed by atoms with E-state index >= 15 is 0 Å². The average molecular weight is 372 g/mol. The molecule has 138 valence electrons. The Morgan fingerprint density at radius 3 is 2.92 bits per heavy atom. The quantitative estimate of drug-likeness (QED) is 0.895. The van der Waals surface area contributed by atoms with Crippen LogP contribution >= 0.6 is 11.3 Å². The van der Waals surface area contributed by atoms with Crippen molar-refractivity contribution in [2.45, 2.75) is 38.8 Å². The summed E-state index contributed by atoms with van der Waals surface area (Å²) in [5.74, 6) is 0. The maximum atomic E-state index is 12.6. The van der Waals surface area contributed by atoms with Crippen LogP contribution in [0.2, 0.25) is 0 Å². The minimum absolute atomic E-state index is 0.00231. The lowest BCUT2D eigenvalue weighted by molar-refractivity contribution is 0.157. The zero-order chi connectivity index (χ0) is 18.1. The van der Waals surface area contributed by atoms with E-state index in [2.05, 4.69) is 27.2 Å². The molecule has 0 bridgehead atoms. The average Bonchev–Trinajstić information content (AvgIpc) is 3.09. The van der Waals surface area contributed by atoms with Crippen molar-refractivity contribution in [1.82, 2.24) is 19.8 Å². The van der Waals surface area contributed by atoms with Crippen molar-refractivity contribution in [3.63, 3.8) is 0 Å². The van der Waals surface area contributed by atoms with Crippen LogP contribution in [0.25, 0.3) is 0 Å². The number of nitrogens with zero attached hydrogens (tertiary/aromatic N) is 4. The summed E-state index contributed by atoms with van der Waals surface area (Å²) in [6.45, 7) is 4.55. The third kappa shape index (κ3) is 3.46. The van der Waals surface area contributed by atoms with E-state index in [1.807, 2.05) is 29.5 Å². The summed E-state index contributed by atoms with van der Waals surface area (Å²) >= 11 is 1.72. The summed E-state index contributed by atoms with van der Waals surface area (Å²) in [4.78, 5) is 25.4. The van der Waals surface area contributed by atoms with Crippen LogP contribution in [0.3, 0.4) is 0 Å². The van der Waals surface area contributed by atoms with Crippen molar-refractivity contribution in [2.75, 3.05) is 25.5 Å². The van der Waals surface area contributed by atoms with E-state index in [1.165, 1.54) is 11.4 Å². The Morgan fingerprint density at radius 1 is 1.42 bits per heavy atom.